The van der Waals surface area contributed by atoms with Gasteiger partial charge in [-0.3, -0.25) is 0 Å². The molecule has 1 aliphatic carbocycles. The molecule has 2 aromatic rings. The van der Waals surface area contributed by atoms with Crippen LogP contribution in [0.15, 0.2) is 36.4 Å². The second-order valence-corrected chi connectivity index (χ2v) is 6.52. The van der Waals surface area contributed by atoms with Crippen LogP contribution in [0.25, 0.3) is 15.7 Å². The number of carbonyl (C=O) groups is 1. The summed E-state index contributed by atoms with van der Waals surface area (Å²) in [6.07, 6.45) is 7.98. The third kappa shape index (κ3) is 2.78. The molecule has 0 atom stereocenters. The predicted octanol–water partition coefficient (Wildman–Crippen LogP) is 4.95. The molecule has 0 aliphatic heterocycles. The Morgan fingerprint density at radius 2 is 1.95 bits per heavy atom. The fourth-order valence-corrected chi connectivity index (χ4v) is 3.99. The van der Waals surface area contributed by atoms with Gasteiger partial charge in [-0.1, -0.05) is 43.5 Å². The largest absolute Gasteiger partial charge is 0.478 e. The number of aliphatic carboxylic acids is 1. The van der Waals surface area contributed by atoms with E-state index >= 15 is 0 Å². The first-order valence-electron chi connectivity index (χ1n) is 7.18. The van der Waals surface area contributed by atoms with Crippen LogP contribution in [0.2, 0.25) is 0 Å². The molecule has 0 saturated heterocycles. The molecule has 0 amide bonds. The van der Waals surface area contributed by atoms with Crippen molar-refractivity contribution in [2.75, 3.05) is 0 Å². The molecule has 1 N–H and O–H groups in total. The molecule has 3 heteroatoms. The summed E-state index contributed by atoms with van der Waals surface area (Å²) in [7, 11) is 0. The molecule has 104 valence electrons. The Labute approximate surface area is 122 Å². The second-order valence-electron chi connectivity index (χ2n) is 5.43. The number of hydrogen-bond donors (Lipinski definition) is 1. The monoisotopic (exact) mass is 286 g/mol. The average Bonchev–Trinajstić information content (AvgIpc) is 2.89. The van der Waals surface area contributed by atoms with Gasteiger partial charge in [-0.15, -0.1) is 11.3 Å². The van der Waals surface area contributed by atoms with Gasteiger partial charge in [0.15, 0.2) is 0 Å². The lowest BCUT2D eigenvalue weighted by Gasteiger charge is -2.18. The summed E-state index contributed by atoms with van der Waals surface area (Å²) in [6, 6.07) is 10.1. The molecule has 2 nitrogen and oxygen atoms in total. The number of benzene rings is 1. The fourth-order valence-electron chi connectivity index (χ4n) is 2.91. The van der Waals surface area contributed by atoms with E-state index in [4.69, 9.17) is 0 Å². The van der Waals surface area contributed by atoms with Crippen LogP contribution in [0.3, 0.4) is 0 Å². The topological polar surface area (TPSA) is 37.3 Å². The molecular weight excluding hydrogens is 268 g/mol. The highest BCUT2D eigenvalue weighted by molar-refractivity contribution is 7.20. The van der Waals surface area contributed by atoms with E-state index in [1.807, 2.05) is 36.4 Å². The molecule has 1 fully saturated rings. The molecule has 0 bridgehead atoms. The van der Waals surface area contributed by atoms with Crippen LogP contribution in [-0.2, 0) is 4.79 Å². The van der Waals surface area contributed by atoms with Gasteiger partial charge in [-0.25, -0.2) is 4.79 Å². The van der Waals surface area contributed by atoms with Gasteiger partial charge < -0.3 is 5.11 Å². The Morgan fingerprint density at radius 3 is 2.65 bits per heavy atom. The standard InChI is InChI=1S/C17H18O2S/c18-17(19)14(10-12-6-2-1-3-7-12)16-11-13-8-4-5-9-15(13)20-16/h4-5,8-12H,1-3,6-7H2,(H,18,19). The van der Waals surface area contributed by atoms with Crippen LogP contribution in [0, 0.1) is 5.92 Å². The summed E-state index contributed by atoms with van der Waals surface area (Å²) in [5.74, 6) is -0.373. The van der Waals surface area contributed by atoms with Crippen LogP contribution < -0.4 is 0 Å². The predicted molar refractivity (Wildman–Crippen MR) is 84.0 cm³/mol. The Bertz CT molecular complexity index is 615. The Morgan fingerprint density at radius 1 is 1.20 bits per heavy atom. The van der Waals surface area contributed by atoms with E-state index in [2.05, 4.69) is 0 Å². The van der Waals surface area contributed by atoms with Gasteiger partial charge in [-0.2, -0.15) is 0 Å². The first-order chi connectivity index (χ1) is 9.74. The molecule has 1 aliphatic rings. The maximum Gasteiger partial charge on any atom is 0.336 e. The summed E-state index contributed by atoms with van der Waals surface area (Å²) in [5, 5.41) is 10.6. The number of thiophene rings is 1. The fraction of sp³-hybridized carbons (Fsp3) is 0.353. The first-order valence-corrected chi connectivity index (χ1v) is 8.00. The van der Waals surface area contributed by atoms with E-state index in [1.54, 1.807) is 11.3 Å². The van der Waals surface area contributed by atoms with Crippen LogP contribution in [0.5, 0.6) is 0 Å². The molecule has 20 heavy (non-hydrogen) atoms. The van der Waals surface area contributed by atoms with E-state index in [0.29, 0.717) is 11.5 Å². The average molecular weight is 286 g/mol. The zero-order valence-electron chi connectivity index (χ0n) is 11.3. The van der Waals surface area contributed by atoms with Crippen LogP contribution in [0.4, 0.5) is 0 Å². The van der Waals surface area contributed by atoms with Gasteiger partial charge in [0.25, 0.3) is 0 Å². The number of hydrogen-bond acceptors (Lipinski definition) is 2. The SMILES string of the molecule is O=C(O)C(=CC1CCCCC1)c1cc2ccccc2s1. The Hall–Kier alpha value is -1.61. The lowest BCUT2D eigenvalue weighted by molar-refractivity contribution is -0.130. The van der Waals surface area contributed by atoms with Gasteiger partial charge in [0.2, 0.25) is 0 Å². The van der Waals surface area contributed by atoms with Gasteiger partial charge >= 0.3 is 5.97 Å². The minimum absolute atomic E-state index is 0.431. The first kappa shape index (κ1) is 13.4. The zero-order chi connectivity index (χ0) is 13.9. The summed E-state index contributed by atoms with van der Waals surface area (Å²) in [6.45, 7) is 0. The highest BCUT2D eigenvalue weighted by Gasteiger charge is 2.18. The lowest BCUT2D eigenvalue weighted by Crippen LogP contribution is -2.06. The molecule has 1 heterocycles. The van der Waals surface area contributed by atoms with Crippen molar-refractivity contribution in [1.82, 2.24) is 0 Å². The molecule has 0 radical (unpaired) electrons. The highest BCUT2D eigenvalue weighted by Crippen LogP contribution is 2.33. The van der Waals surface area contributed by atoms with E-state index in [1.165, 1.54) is 19.3 Å². The van der Waals surface area contributed by atoms with Gasteiger partial charge in [0.1, 0.15) is 0 Å². The summed E-state index contributed by atoms with van der Waals surface area (Å²) < 4.78 is 1.15. The van der Waals surface area contributed by atoms with Crippen LogP contribution >= 0.6 is 11.3 Å². The molecule has 0 unspecified atom stereocenters. The van der Waals surface area contributed by atoms with Crippen LogP contribution in [0.1, 0.15) is 37.0 Å². The van der Waals surface area contributed by atoms with Crippen molar-refractivity contribution in [2.24, 2.45) is 5.92 Å². The van der Waals surface area contributed by atoms with Crippen molar-refractivity contribution in [3.8, 4) is 0 Å². The summed E-state index contributed by atoms with van der Waals surface area (Å²) >= 11 is 1.57. The quantitative estimate of drug-likeness (QED) is 0.811. The van der Waals surface area contributed by atoms with E-state index in [-0.39, 0.29) is 0 Å². The molecule has 1 aromatic heterocycles. The molecule has 3 rings (SSSR count). The van der Waals surface area contributed by atoms with Crippen molar-refractivity contribution in [3.05, 3.63) is 41.3 Å². The number of allylic oxidation sites excluding steroid dienone is 1. The van der Waals surface area contributed by atoms with Gasteiger partial charge in [0, 0.05) is 9.58 Å². The zero-order valence-corrected chi connectivity index (χ0v) is 12.2. The Kier molecular flexibility index (Phi) is 3.88. The number of fused-ring (bicyclic) bond motifs is 1. The second kappa shape index (κ2) is 5.80. The number of rotatable bonds is 3. The third-order valence-electron chi connectivity index (χ3n) is 3.97. The van der Waals surface area contributed by atoms with E-state index < -0.39 is 5.97 Å². The van der Waals surface area contributed by atoms with Crippen molar-refractivity contribution >= 4 is 33.0 Å². The molecular formula is C17H18O2S. The third-order valence-corrected chi connectivity index (χ3v) is 5.12. The summed E-state index contributed by atoms with van der Waals surface area (Å²) in [5.41, 5.74) is 0.484. The van der Waals surface area contributed by atoms with E-state index in [9.17, 15) is 9.90 Å². The number of carboxylic acids is 1. The van der Waals surface area contributed by atoms with Gasteiger partial charge in [-0.05, 0) is 36.3 Å². The normalized spacial score (nSPS) is 17.5. The minimum Gasteiger partial charge on any atom is -0.478 e. The van der Waals surface area contributed by atoms with Crippen LogP contribution in [-0.4, -0.2) is 11.1 Å². The van der Waals surface area contributed by atoms with Crippen molar-refractivity contribution < 1.29 is 9.90 Å². The summed E-state index contributed by atoms with van der Waals surface area (Å²) in [4.78, 5) is 12.5. The molecule has 0 spiro atoms. The van der Waals surface area contributed by atoms with E-state index in [0.717, 1.165) is 27.8 Å². The molecule has 1 aromatic carbocycles. The maximum atomic E-state index is 11.6. The minimum atomic E-state index is -0.804. The molecule has 1 saturated carbocycles. The highest BCUT2D eigenvalue weighted by atomic mass is 32.1. The lowest BCUT2D eigenvalue weighted by atomic mass is 9.87. The smallest absolute Gasteiger partial charge is 0.336 e. The maximum absolute atomic E-state index is 11.6. The number of carboxylic acid groups (broad SMARTS) is 1. The van der Waals surface area contributed by atoms with Crippen molar-refractivity contribution in [3.63, 3.8) is 0 Å². The van der Waals surface area contributed by atoms with Crippen molar-refractivity contribution in [2.45, 2.75) is 32.1 Å². The van der Waals surface area contributed by atoms with Gasteiger partial charge in [0.05, 0.1) is 5.57 Å². The van der Waals surface area contributed by atoms with Crippen molar-refractivity contribution in [1.29, 1.82) is 0 Å². The Balaban J connectivity index is 1.97.